The largest absolute Gasteiger partial charge is 0.369 e. The van der Waals surface area contributed by atoms with Crippen LogP contribution in [0.25, 0.3) is 0 Å². The van der Waals surface area contributed by atoms with E-state index in [9.17, 15) is 4.79 Å². The van der Waals surface area contributed by atoms with Crippen molar-refractivity contribution in [1.29, 1.82) is 0 Å². The van der Waals surface area contributed by atoms with E-state index in [1.165, 1.54) is 16.8 Å². The van der Waals surface area contributed by atoms with Crippen LogP contribution in [0.15, 0.2) is 18.2 Å². The summed E-state index contributed by atoms with van der Waals surface area (Å²) in [6, 6.07) is 6.53. The molecular formula is C14H20ClN3O. The van der Waals surface area contributed by atoms with Crippen LogP contribution in [0.3, 0.4) is 0 Å². The second-order valence-corrected chi connectivity index (χ2v) is 5.20. The molecule has 1 N–H and O–H groups in total. The maximum atomic E-state index is 11.2. The van der Waals surface area contributed by atoms with Gasteiger partial charge in [-0.05, 0) is 25.5 Å². The number of aryl methyl sites for hydroxylation is 2. The third kappa shape index (κ3) is 3.61. The molecule has 2 rings (SSSR count). The molecule has 1 aromatic carbocycles. The van der Waals surface area contributed by atoms with Crippen LogP contribution in [0.1, 0.15) is 11.1 Å². The van der Waals surface area contributed by atoms with Gasteiger partial charge in [-0.1, -0.05) is 17.7 Å². The summed E-state index contributed by atoms with van der Waals surface area (Å²) in [5, 5.41) is 1.94. The zero-order chi connectivity index (χ0) is 13.8. The van der Waals surface area contributed by atoms with Crippen molar-refractivity contribution in [2.24, 2.45) is 0 Å². The number of hydrogen-bond donors (Lipinski definition) is 1. The van der Waals surface area contributed by atoms with Crippen LogP contribution in [-0.2, 0) is 4.79 Å². The number of nitrogens with one attached hydrogen (secondary N) is 1. The predicted molar refractivity (Wildman–Crippen MR) is 78.6 cm³/mol. The Hall–Kier alpha value is -1.26. The van der Waals surface area contributed by atoms with E-state index in [4.69, 9.17) is 11.6 Å². The minimum atomic E-state index is -0.137. The van der Waals surface area contributed by atoms with Crippen molar-refractivity contribution in [2.75, 3.05) is 37.0 Å². The molecular weight excluding hydrogens is 262 g/mol. The lowest BCUT2D eigenvalue weighted by Crippen LogP contribution is -2.54. The molecule has 1 aromatic rings. The van der Waals surface area contributed by atoms with Crippen molar-refractivity contribution < 1.29 is 4.79 Å². The molecule has 5 heteroatoms. The van der Waals surface area contributed by atoms with Crippen LogP contribution in [0, 0.1) is 13.8 Å². The van der Waals surface area contributed by atoms with Crippen molar-refractivity contribution in [3.05, 3.63) is 29.3 Å². The Morgan fingerprint density at radius 1 is 1.26 bits per heavy atom. The van der Waals surface area contributed by atoms with E-state index < -0.39 is 0 Å². The average molecular weight is 282 g/mol. The maximum Gasteiger partial charge on any atom is 0.249 e. The van der Waals surface area contributed by atoms with E-state index >= 15 is 0 Å². The highest BCUT2D eigenvalue weighted by atomic mass is 35.5. The van der Waals surface area contributed by atoms with E-state index in [1.54, 1.807) is 0 Å². The number of hydrazine groups is 1. The van der Waals surface area contributed by atoms with E-state index in [0.717, 1.165) is 26.2 Å². The Morgan fingerprint density at radius 3 is 2.53 bits per heavy atom. The van der Waals surface area contributed by atoms with Gasteiger partial charge in [0.15, 0.2) is 0 Å². The summed E-state index contributed by atoms with van der Waals surface area (Å²) in [5.41, 5.74) is 6.68. The first-order chi connectivity index (χ1) is 9.10. The minimum Gasteiger partial charge on any atom is -0.369 e. The van der Waals surface area contributed by atoms with Gasteiger partial charge in [-0.25, -0.2) is 5.01 Å². The van der Waals surface area contributed by atoms with Gasteiger partial charge in [-0.2, -0.15) is 0 Å². The highest BCUT2D eigenvalue weighted by Gasteiger charge is 2.19. The first-order valence-electron chi connectivity index (χ1n) is 6.53. The Balaban J connectivity index is 1.94. The Labute approximate surface area is 119 Å². The van der Waals surface area contributed by atoms with E-state index in [2.05, 4.69) is 42.4 Å². The molecule has 1 aliphatic rings. The van der Waals surface area contributed by atoms with Crippen molar-refractivity contribution in [3.63, 3.8) is 0 Å². The Morgan fingerprint density at radius 2 is 1.95 bits per heavy atom. The number of piperazine rings is 1. The predicted octanol–water partition coefficient (Wildman–Crippen LogP) is 1.70. The molecule has 1 fully saturated rings. The summed E-state index contributed by atoms with van der Waals surface area (Å²) in [5.74, 6) is -0.126. The molecule has 0 atom stereocenters. The van der Waals surface area contributed by atoms with E-state index in [0.29, 0.717) is 0 Å². The Bertz CT molecular complexity index is 456. The number of rotatable bonds is 3. The van der Waals surface area contributed by atoms with Crippen LogP contribution in [0.5, 0.6) is 0 Å². The SMILES string of the molecule is Cc1ccc(N2CCN(NC(=O)CCl)CC2)c(C)c1. The average Bonchev–Trinajstić information content (AvgIpc) is 2.40. The molecule has 1 amide bonds. The number of alkyl halides is 1. The lowest BCUT2D eigenvalue weighted by molar-refractivity contribution is -0.123. The van der Waals surface area contributed by atoms with Gasteiger partial charge in [0.2, 0.25) is 5.91 Å². The lowest BCUT2D eigenvalue weighted by Gasteiger charge is -2.36. The van der Waals surface area contributed by atoms with Gasteiger partial charge in [-0.3, -0.25) is 10.2 Å². The molecule has 0 radical (unpaired) electrons. The zero-order valence-electron chi connectivity index (χ0n) is 11.4. The molecule has 0 saturated carbocycles. The number of carbonyl (C=O) groups is 1. The smallest absolute Gasteiger partial charge is 0.249 e. The topological polar surface area (TPSA) is 35.6 Å². The summed E-state index contributed by atoms with van der Waals surface area (Å²) >= 11 is 5.48. The number of amides is 1. The first-order valence-corrected chi connectivity index (χ1v) is 7.06. The number of halogens is 1. The summed E-state index contributed by atoms with van der Waals surface area (Å²) in [7, 11) is 0. The number of anilines is 1. The van der Waals surface area contributed by atoms with Gasteiger partial charge >= 0.3 is 0 Å². The van der Waals surface area contributed by atoms with Crippen molar-refractivity contribution >= 4 is 23.2 Å². The summed E-state index contributed by atoms with van der Waals surface area (Å²) < 4.78 is 0. The standard InChI is InChI=1S/C14H20ClN3O/c1-11-3-4-13(12(2)9-11)17-5-7-18(8-6-17)16-14(19)10-15/h3-4,9H,5-8,10H2,1-2H3,(H,16,19). The van der Waals surface area contributed by atoms with Crippen LogP contribution in [-0.4, -0.2) is 43.0 Å². The molecule has 0 aliphatic carbocycles. The maximum absolute atomic E-state index is 11.2. The molecule has 0 unspecified atom stereocenters. The molecule has 1 heterocycles. The van der Waals surface area contributed by atoms with E-state index in [-0.39, 0.29) is 11.8 Å². The summed E-state index contributed by atoms with van der Waals surface area (Å²) in [6.45, 7) is 7.70. The zero-order valence-corrected chi connectivity index (χ0v) is 12.2. The fourth-order valence-electron chi connectivity index (χ4n) is 2.43. The van der Waals surface area contributed by atoms with Crippen LogP contribution in [0.2, 0.25) is 0 Å². The first kappa shape index (κ1) is 14.2. The van der Waals surface area contributed by atoms with Crippen molar-refractivity contribution in [1.82, 2.24) is 10.4 Å². The van der Waals surface area contributed by atoms with Crippen LogP contribution in [0.4, 0.5) is 5.69 Å². The fourth-order valence-corrected chi connectivity index (χ4v) is 2.49. The quantitative estimate of drug-likeness (QED) is 0.857. The third-order valence-corrected chi connectivity index (χ3v) is 3.62. The normalized spacial score (nSPS) is 16.5. The number of benzene rings is 1. The monoisotopic (exact) mass is 281 g/mol. The molecule has 1 aliphatic heterocycles. The van der Waals surface area contributed by atoms with E-state index in [1.807, 2.05) is 5.01 Å². The number of nitrogens with zero attached hydrogens (tertiary/aromatic N) is 2. The molecule has 0 spiro atoms. The summed E-state index contributed by atoms with van der Waals surface area (Å²) in [4.78, 5) is 13.6. The second-order valence-electron chi connectivity index (χ2n) is 4.93. The van der Waals surface area contributed by atoms with Gasteiger partial charge in [0.05, 0.1) is 0 Å². The van der Waals surface area contributed by atoms with Crippen molar-refractivity contribution in [2.45, 2.75) is 13.8 Å². The van der Waals surface area contributed by atoms with Gasteiger partial charge < -0.3 is 4.90 Å². The fraction of sp³-hybridized carbons (Fsp3) is 0.500. The molecule has 1 saturated heterocycles. The van der Waals surface area contributed by atoms with Gasteiger partial charge in [0, 0.05) is 31.9 Å². The number of hydrogen-bond acceptors (Lipinski definition) is 3. The lowest BCUT2D eigenvalue weighted by atomic mass is 10.1. The summed E-state index contributed by atoms with van der Waals surface area (Å²) in [6.07, 6.45) is 0. The van der Waals surface area contributed by atoms with Crippen molar-refractivity contribution in [3.8, 4) is 0 Å². The van der Waals surface area contributed by atoms with Gasteiger partial charge in [0.1, 0.15) is 5.88 Å². The second kappa shape index (κ2) is 6.26. The van der Waals surface area contributed by atoms with Crippen LogP contribution < -0.4 is 10.3 Å². The highest BCUT2D eigenvalue weighted by Crippen LogP contribution is 2.22. The molecule has 0 bridgehead atoms. The molecule has 104 valence electrons. The van der Waals surface area contributed by atoms with Gasteiger partial charge in [0.25, 0.3) is 0 Å². The molecule has 19 heavy (non-hydrogen) atoms. The molecule has 4 nitrogen and oxygen atoms in total. The minimum absolute atomic E-state index is 0.0112. The number of carbonyl (C=O) groups excluding carboxylic acids is 1. The van der Waals surface area contributed by atoms with Gasteiger partial charge in [-0.15, -0.1) is 11.6 Å². The molecule has 0 aromatic heterocycles. The third-order valence-electron chi connectivity index (χ3n) is 3.38. The van der Waals surface area contributed by atoms with Crippen LogP contribution >= 0.6 is 11.6 Å². The highest BCUT2D eigenvalue weighted by molar-refractivity contribution is 6.27. The Kier molecular flexibility index (Phi) is 4.66.